The average molecular weight is 312 g/mol. The molecule has 0 amide bonds. The molecule has 1 aliphatic heterocycles. The molecule has 2 heterocycles. The fourth-order valence-electron chi connectivity index (χ4n) is 2.73. The first-order valence-electron chi connectivity index (χ1n) is 8.19. The lowest BCUT2D eigenvalue weighted by atomic mass is 10.1. The molecule has 0 atom stereocenters. The zero-order valence-electron chi connectivity index (χ0n) is 13.6. The number of piperazine rings is 1. The van der Waals surface area contributed by atoms with Crippen molar-refractivity contribution in [1.82, 2.24) is 9.88 Å². The number of aromatic nitrogens is 1. The number of hydrogen-bond donors (Lipinski definition) is 0. The van der Waals surface area contributed by atoms with E-state index in [1.807, 2.05) is 0 Å². The molecule has 0 spiro atoms. The molecule has 0 unspecified atom stereocenters. The molecule has 1 fully saturated rings. The molecule has 3 nitrogen and oxygen atoms in total. The molecule has 1 aliphatic rings. The fourth-order valence-corrected chi connectivity index (χ4v) is 2.73. The Morgan fingerprint density at radius 1 is 1.00 bits per heavy atom. The Hall–Kier alpha value is -0.800. The van der Waals surface area contributed by atoms with Crippen molar-refractivity contribution in [2.75, 3.05) is 38.1 Å². The lowest BCUT2D eigenvalue weighted by Crippen LogP contribution is -2.44. The minimum Gasteiger partial charge on any atom is -0.354 e. The van der Waals surface area contributed by atoms with Gasteiger partial charge in [0.15, 0.2) is 0 Å². The van der Waals surface area contributed by atoms with Crippen molar-refractivity contribution in [3.8, 4) is 0 Å². The van der Waals surface area contributed by atoms with Gasteiger partial charge in [-0.3, -0.25) is 0 Å². The molecule has 0 saturated carbocycles. The first kappa shape index (κ1) is 18.2. The predicted molar refractivity (Wildman–Crippen MR) is 93.7 cm³/mol. The minimum atomic E-state index is 0. The summed E-state index contributed by atoms with van der Waals surface area (Å²) in [5, 5.41) is 0. The number of likely N-dealkylation sites (N-methyl/N-ethyl adjacent to an activating group) is 1. The van der Waals surface area contributed by atoms with Crippen LogP contribution in [-0.2, 0) is 6.42 Å². The van der Waals surface area contributed by atoms with E-state index in [9.17, 15) is 0 Å². The van der Waals surface area contributed by atoms with Gasteiger partial charge in [-0.25, -0.2) is 4.98 Å². The molecular formula is C17H30ClN3. The van der Waals surface area contributed by atoms with Crippen LogP contribution in [0.15, 0.2) is 18.2 Å². The van der Waals surface area contributed by atoms with Crippen LogP contribution in [-0.4, -0.2) is 43.1 Å². The molecular weight excluding hydrogens is 282 g/mol. The average Bonchev–Trinajstić information content (AvgIpc) is 2.48. The van der Waals surface area contributed by atoms with E-state index < -0.39 is 0 Å². The van der Waals surface area contributed by atoms with Crippen molar-refractivity contribution in [1.29, 1.82) is 0 Å². The third-order valence-corrected chi connectivity index (χ3v) is 4.16. The minimum absolute atomic E-state index is 0. The highest BCUT2D eigenvalue weighted by Gasteiger charge is 2.15. The van der Waals surface area contributed by atoms with Gasteiger partial charge in [-0.2, -0.15) is 0 Å². The van der Waals surface area contributed by atoms with E-state index in [0.29, 0.717) is 0 Å². The van der Waals surface area contributed by atoms with Crippen LogP contribution in [0.25, 0.3) is 0 Å². The van der Waals surface area contributed by atoms with Crippen molar-refractivity contribution in [3.63, 3.8) is 0 Å². The summed E-state index contributed by atoms with van der Waals surface area (Å²) in [5.74, 6) is 1.17. The Labute approximate surface area is 136 Å². The summed E-state index contributed by atoms with van der Waals surface area (Å²) in [4.78, 5) is 9.65. The van der Waals surface area contributed by atoms with Crippen LogP contribution in [0.5, 0.6) is 0 Å². The third kappa shape index (κ3) is 6.23. The quantitative estimate of drug-likeness (QED) is 0.715. The van der Waals surface area contributed by atoms with Gasteiger partial charge < -0.3 is 9.80 Å². The second kappa shape index (κ2) is 10.0. The number of hydrogen-bond acceptors (Lipinski definition) is 3. The standard InChI is InChI=1S/C17H29N3.ClH/c1-3-4-5-6-7-9-16-10-8-11-17(18-16)20-14-12-19(2)13-15-20;/h8,10-11H,3-7,9,12-15H2,1-2H3;1H. The summed E-state index contributed by atoms with van der Waals surface area (Å²) in [7, 11) is 2.19. The Kier molecular flexibility index (Phi) is 8.70. The molecule has 0 aliphatic carbocycles. The van der Waals surface area contributed by atoms with Gasteiger partial charge in [-0.1, -0.05) is 38.7 Å². The van der Waals surface area contributed by atoms with Crippen LogP contribution in [0, 0.1) is 0 Å². The highest BCUT2D eigenvalue weighted by molar-refractivity contribution is 5.85. The van der Waals surface area contributed by atoms with E-state index in [2.05, 4.69) is 42.0 Å². The van der Waals surface area contributed by atoms with Gasteiger partial charge in [-0.05, 0) is 32.0 Å². The zero-order chi connectivity index (χ0) is 14.2. The van der Waals surface area contributed by atoms with E-state index in [1.165, 1.54) is 43.6 Å². The second-order valence-corrected chi connectivity index (χ2v) is 5.94. The summed E-state index contributed by atoms with van der Waals surface area (Å²) in [5.41, 5.74) is 1.26. The van der Waals surface area contributed by atoms with Crippen LogP contribution in [0.2, 0.25) is 0 Å². The monoisotopic (exact) mass is 311 g/mol. The van der Waals surface area contributed by atoms with E-state index >= 15 is 0 Å². The summed E-state index contributed by atoms with van der Waals surface area (Å²) in [6.45, 7) is 6.75. The molecule has 4 heteroatoms. The van der Waals surface area contributed by atoms with Crippen LogP contribution in [0.4, 0.5) is 5.82 Å². The van der Waals surface area contributed by atoms with Crippen LogP contribution >= 0.6 is 12.4 Å². The number of anilines is 1. The molecule has 120 valence electrons. The SMILES string of the molecule is CCCCCCCc1cccc(N2CCN(C)CC2)n1.Cl. The molecule has 0 radical (unpaired) electrons. The van der Waals surface area contributed by atoms with Crippen molar-refractivity contribution < 1.29 is 0 Å². The largest absolute Gasteiger partial charge is 0.354 e. The Balaban J connectivity index is 0.00000220. The molecule has 1 saturated heterocycles. The topological polar surface area (TPSA) is 19.4 Å². The normalized spacial score (nSPS) is 15.8. The number of pyridine rings is 1. The second-order valence-electron chi connectivity index (χ2n) is 5.94. The summed E-state index contributed by atoms with van der Waals surface area (Å²) >= 11 is 0. The summed E-state index contributed by atoms with van der Waals surface area (Å²) in [6, 6.07) is 6.51. The first-order valence-corrected chi connectivity index (χ1v) is 8.19. The van der Waals surface area contributed by atoms with Crippen molar-refractivity contribution >= 4 is 18.2 Å². The molecule has 0 bridgehead atoms. The van der Waals surface area contributed by atoms with Gasteiger partial charge in [0.05, 0.1) is 0 Å². The van der Waals surface area contributed by atoms with Crippen LogP contribution in [0.3, 0.4) is 0 Å². The maximum Gasteiger partial charge on any atom is 0.128 e. The highest BCUT2D eigenvalue weighted by atomic mass is 35.5. The van der Waals surface area contributed by atoms with Gasteiger partial charge in [0, 0.05) is 31.9 Å². The number of rotatable bonds is 7. The van der Waals surface area contributed by atoms with Crippen molar-refractivity contribution in [2.45, 2.75) is 45.4 Å². The fraction of sp³-hybridized carbons (Fsp3) is 0.706. The Morgan fingerprint density at radius 3 is 2.43 bits per heavy atom. The molecule has 0 aromatic carbocycles. The third-order valence-electron chi connectivity index (χ3n) is 4.16. The predicted octanol–water partition coefficient (Wildman–Crippen LogP) is 3.77. The van der Waals surface area contributed by atoms with Crippen molar-refractivity contribution in [2.24, 2.45) is 0 Å². The van der Waals surface area contributed by atoms with Crippen LogP contribution < -0.4 is 4.90 Å². The first-order chi connectivity index (χ1) is 9.79. The van der Waals surface area contributed by atoms with Gasteiger partial charge in [0.2, 0.25) is 0 Å². The zero-order valence-corrected chi connectivity index (χ0v) is 14.4. The molecule has 1 aromatic rings. The lowest BCUT2D eigenvalue weighted by molar-refractivity contribution is 0.312. The molecule has 1 aromatic heterocycles. The number of unbranched alkanes of at least 4 members (excludes halogenated alkanes) is 4. The Morgan fingerprint density at radius 2 is 1.71 bits per heavy atom. The molecule has 0 N–H and O–H groups in total. The van der Waals surface area contributed by atoms with Crippen molar-refractivity contribution in [3.05, 3.63) is 23.9 Å². The van der Waals surface area contributed by atoms with Gasteiger partial charge in [0.1, 0.15) is 5.82 Å². The van der Waals surface area contributed by atoms with E-state index in [1.54, 1.807) is 0 Å². The van der Waals surface area contributed by atoms with Gasteiger partial charge >= 0.3 is 0 Å². The lowest BCUT2D eigenvalue weighted by Gasteiger charge is -2.33. The maximum absolute atomic E-state index is 4.85. The highest BCUT2D eigenvalue weighted by Crippen LogP contribution is 2.15. The Bertz CT molecular complexity index is 389. The maximum atomic E-state index is 4.85. The number of aryl methyl sites for hydroxylation is 1. The van der Waals surface area contributed by atoms with Gasteiger partial charge in [-0.15, -0.1) is 12.4 Å². The smallest absolute Gasteiger partial charge is 0.128 e. The molecule has 2 rings (SSSR count). The summed E-state index contributed by atoms with van der Waals surface area (Å²) in [6.07, 6.45) is 7.80. The van der Waals surface area contributed by atoms with Crippen LogP contribution in [0.1, 0.15) is 44.7 Å². The number of halogens is 1. The van der Waals surface area contributed by atoms with E-state index in [4.69, 9.17) is 4.98 Å². The summed E-state index contributed by atoms with van der Waals surface area (Å²) < 4.78 is 0. The van der Waals surface area contributed by atoms with E-state index in [-0.39, 0.29) is 12.4 Å². The van der Waals surface area contributed by atoms with Gasteiger partial charge in [0.25, 0.3) is 0 Å². The molecule has 21 heavy (non-hydrogen) atoms. The number of nitrogens with zero attached hydrogens (tertiary/aromatic N) is 3. The van der Waals surface area contributed by atoms with E-state index in [0.717, 1.165) is 32.6 Å².